The number of aryl methyl sites for hydroxylation is 1. The molecule has 2 rings (SSSR count). The van der Waals surface area contributed by atoms with Crippen molar-refractivity contribution in [3.63, 3.8) is 0 Å². The molecule has 1 aromatic carbocycles. The minimum Gasteiger partial charge on any atom is -0.374 e. The van der Waals surface area contributed by atoms with Crippen LogP contribution in [0.15, 0.2) is 24.3 Å². The second-order valence-corrected chi connectivity index (χ2v) is 5.24. The Morgan fingerprint density at radius 2 is 2.00 bits per heavy atom. The molecule has 106 valence electrons. The van der Waals surface area contributed by atoms with Crippen molar-refractivity contribution in [1.82, 2.24) is 10.2 Å². The SMILES string of the molecule is CCNCC1OCCN(C)C1c1ccc(CC)cc1. The summed E-state index contributed by atoms with van der Waals surface area (Å²) in [5.74, 6) is 0. The highest BCUT2D eigenvalue weighted by Gasteiger charge is 2.30. The lowest BCUT2D eigenvalue weighted by Crippen LogP contribution is -2.47. The molecule has 3 nitrogen and oxygen atoms in total. The van der Waals surface area contributed by atoms with Gasteiger partial charge in [0, 0.05) is 13.1 Å². The zero-order chi connectivity index (χ0) is 13.7. The molecule has 1 fully saturated rings. The Hall–Kier alpha value is -0.900. The predicted molar refractivity (Wildman–Crippen MR) is 79.5 cm³/mol. The van der Waals surface area contributed by atoms with Crippen LogP contribution in [0.25, 0.3) is 0 Å². The molecule has 0 spiro atoms. The molecule has 2 unspecified atom stereocenters. The molecule has 0 aliphatic carbocycles. The van der Waals surface area contributed by atoms with Crippen molar-refractivity contribution in [2.24, 2.45) is 0 Å². The van der Waals surface area contributed by atoms with Crippen molar-refractivity contribution in [1.29, 1.82) is 0 Å². The Kier molecular flexibility index (Phi) is 5.37. The predicted octanol–water partition coefficient (Wildman–Crippen LogP) is 2.23. The maximum Gasteiger partial charge on any atom is 0.0896 e. The molecular formula is C16H26N2O. The van der Waals surface area contributed by atoms with Gasteiger partial charge in [-0.3, -0.25) is 4.90 Å². The zero-order valence-corrected chi connectivity index (χ0v) is 12.4. The van der Waals surface area contributed by atoms with E-state index in [2.05, 4.69) is 55.4 Å². The average molecular weight is 262 g/mol. The number of hydrogen-bond donors (Lipinski definition) is 1. The van der Waals surface area contributed by atoms with E-state index >= 15 is 0 Å². The van der Waals surface area contributed by atoms with E-state index in [1.165, 1.54) is 11.1 Å². The monoisotopic (exact) mass is 262 g/mol. The van der Waals surface area contributed by atoms with Gasteiger partial charge in [0.15, 0.2) is 0 Å². The Labute approximate surface area is 116 Å². The van der Waals surface area contributed by atoms with Gasteiger partial charge in [0.25, 0.3) is 0 Å². The highest BCUT2D eigenvalue weighted by Crippen LogP contribution is 2.28. The smallest absolute Gasteiger partial charge is 0.0896 e. The number of morpholine rings is 1. The molecule has 2 atom stereocenters. The Morgan fingerprint density at radius 3 is 2.63 bits per heavy atom. The van der Waals surface area contributed by atoms with Gasteiger partial charge >= 0.3 is 0 Å². The summed E-state index contributed by atoms with van der Waals surface area (Å²) in [6.07, 6.45) is 1.34. The quantitative estimate of drug-likeness (QED) is 0.880. The van der Waals surface area contributed by atoms with E-state index in [1.54, 1.807) is 0 Å². The minimum absolute atomic E-state index is 0.242. The van der Waals surface area contributed by atoms with Crippen LogP contribution in [-0.2, 0) is 11.2 Å². The van der Waals surface area contributed by atoms with E-state index in [0.717, 1.165) is 32.7 Å². The number of nitrogens with zero attached hydrogens (tertiary/aromatic N) is 1. The average Bonchev–Trinajstić information content (AvgIpc) is 2.45. The summed E-state index contributed by atoms with van der Waals surface area (Å²) >= 11 is 0. The van der Waals surface area contributed by atoms with Crippen LogP contribution in [0.5, 0.6) is 0 Å². The van der Waals surface area contributed by atoms with Crippen LogP contribution in [-0.4, -0.2) is 44.3 Å². The molecule has 1 heterocycles. The van der Waals surface area contributed by atoms with Crippen molar-refractivity contribution in [3.8, 4) is 0 Å². The van der Waals surface area contributed by atoms with Crippen LogP contribution >= 0.6 is 0 Å². The van der Waals surface area contributed by atoms with E-state index in [-0.39, 0.29) is 6.10 Å². The van der Waals surface area contributed by atoms with Crippen LogP contribution in [0.1, 0.15) is 31.0 Å². The number of ether oxygens (including phenoxy) is 1. The molecule has 0 aromatic heterocycles. The Bertz CT molecular complexity index is 377. The molecule has 1 saturated heterocycles. The molecule has 1 aromatic rings. The Balaban J connectivity index is 2.15. The first-order valence-corrected chi connectivity index (χ1v) is 7.37. The third-order valence-electron chi connectivity index (χ3n) is 3.93. The van der Waals surface area contributed by atoms with Crippen molar-refractivity contribution in [2.45, 2.75) is 32.4 Å². The van der Waals surface area contributed by atoms with Crippen LogP contribution in [0.2, 0.25) is 0 Å². The van der Waals surface area contributed by atoms with Crippen LogP contribution in [0, 0.1) is 0 Å². The number of likely N-dealkylation sites (N-methyl/N-ethyl adjacent to an activating group) is 2. The van der Waals surface area contributed by atoms with Gasteiger partial charge in [0.1, 0.15) is 0 Å². The summed E-state index contributed by atoms with van der Waals surface area (Å²) in [6, 6.07) is 9.35. The first-order valence-electron chi connectivity index (χ1n) is 7.37. The van der Waals surface area contributed by atoms with Gasteiger partial charge < -0.3 is 10.1 Å². The fourth-order valence-electron chi connectivity index (χ4n) is 2.74. The summed E-state index contributed by atoms with van der Waals surface area (Å²) in [6.45, 7) is 8.07. The van der Waals surface area contributed by atoms with Crippen molar-refractivity contribution in [2.75, 3.05) is 33.3 Å². The maximum absolute atomic E-state index is 5.97. The van der Waals surface area contributed by atoms with Gasteiger partial charge in [0.05, 0.1) is 18.8 Å². The second-order valence-electron chi connectivity index (χ2n) is 5.24. The lowest BCUT2D eigenvalue weighted by Gasteiger charge is -2.39. The third kappa shape index (κ3) is 3.56. The van der Waals surface area contributed by atoms with Crippen LogP contribution in [0.4, 0.5) is 0 Å². The fourth-order valence-corrected chi connectivity index (χ4v) is 2.74. The van der Waals surface area contributed by atoms with Gasteiger partial charge in [-0.2, -0.15) is 0 Å². The van der Waals surface area contributed by atoms with Gasteiger partial charge in [-0.05, 0) is 31.1 Å². The largest absolute Gasteiger partial charge is 0.374 e. The second kappa shape index (κ2) is 7.04. The number of hydrogen-bond acceptors (Lipinski definition) is 3. The van der Waals surface area contributed by atoms with E-state index in [0.29, 0.717) is 6.04 Å². The summed E-state index contributed by atoms with van der Waals surface area (Å²) in [5, 5.41) is 3.41. The normalized spacial score (nSPS) is 24.6. The van der Waals surface area contributed by atoms with Gasteiger partial charge in [-0.1, -0.05) is 38.1 Å². The zero-order valence-electron chi connectivity index (χ0n) is 12.4. The molecule has 1 N–H and O–H groups in total. The standard InChI is InChI=1S/C16H26N2O/c1-4-13-6-8-14(9-7-13)16-15(12-17-5-2)19-11-10-18(16)3/h6-9,15-17H,4-5,10-12H2,1-3H3. The highest BCUT2D eigenvalue weighted by atomic mass is 16.5. The topological polar surface area (TPSA) is 24.5 Å². The molecule has 0 radical (unpaired) electrons. The third-order valence-corrected chi connectivity index (χ3v) is 3.93. The van der Waals surface area contributed by atoms with E-state index in [1.807, 2.05) is 0 Å². The molecule has 19 heavy (non-hydrogen) atoms. The molecule has 0 bridgehead atoms. The van der Waals surface area contributed by atoms with Crippen LogP contribution < -0.4 is 5.32 Å². The molecule has 1 aliphatic rings. The van der Waals surface area contributed by atoms with Crippen molar-refractivity contribution >= 4 is 0 Å². The van der Waals surface area contributed by atoms with E-state index < -0.39 is 0 Å². The summed E-state index contributed by atoms with van der Waals surface area (Å²) < 4.78 is 5.97. The summed E-state index contributed by atoms with van der Waals surface area (Å²) in [5.41, 5.74) is 2.76. The maximum atomic E-state index is 5.97. The Morgan fingerprint density at radius 1 is 1.26 bits per heavy atom. The van der Waals surface area contributed by atoms with Gasteiger partial charge in [0.2, 0.25) is 0 Å². The summed E-state index contributed by atoms with van der Waals surface area (Å²) in [4.78, 5) is 2.41. The first kappa shape index (κ1) is 14.5. The molecule has 0 amide bonds. The van der Waals surface area contributed by atoms with E-state index in [4.69, 9.17) is 4.74 Å². The first-order chi connectivity index (χ1) is 9.26. The molecular weight excluding hydrogens is 236 g/mol. The number of rotatable bonds is 5. The molecule has 3 heteroatoms. The highest BCUT2D eigenvalue weighted by molar-refractivity contribution is 5.26. The van der Waals surface area contributed by atoms with Gasteiger partial charge in [-0.15, -0.1) is 0 Å². The number of nitrogens with one attached hydrogen (secondary N) is 1. The molecule has 1 aliphatic heterocycles. The van der Waals surface area contributed by atoms with Crippen molar-refractivity contribution in [3.05, 3.63) is 35.4 Å². The fraction of sp³-hybridized carbons (Fsp3) is 0.625. The summed E-state index contributed by atoms with van der Waals surface area (Å²) in [7, 11) is 2.19. The van der Waals surface area contributed by atoms with E-state index in [9.17, 15) is 0 Å². The number of benzene rings is 1. The lowest BCUT2D eigenvalue weighted by molar-refractivity contribution is -0.0611. The van der Waals surface area contributed by atoms with Crippen molar-refractivity contribution < 1.29 is 4.74 Å². The van der Waals surface area contributed by atoms with Gasteiger partial charge in [-0.25, -0.2) is 0 Å². The molecule has 0 saturated carbocycles. The lowest BCUT2D eigenvalue weighted by atomic mass is 9.97. The van der Waals surface area contributed by atoms with Crippen LogP contribution in [0.3, 0.4) is 0 Å². The minimum atomic E-state index is 0.242.